The lowest BCUT2D eigenvalue weighted by atomic mass is 10.2. The number of carbonyl (C=O) groups excluding carboxylic acids is 2. The van der Waals surface area contributed by atoms with Crippen LogP contribution in [0.3, 0.4) is 0 Å². The molecule has 1 saturated heterocycles. The predicted molar refractivity (Wildman–Crippen MR) is 103 cm³/mol. The van der Waals surface area contributed by atoms with Crippen molar-refractivity contribution in [2.75, 3.05) is 26.7 Å². The number of nitrogens with one attached hydrogen (secondary N) is 1. The smallest absolute Gasteiger partial charge is 0.407 e. The Morgan fingerprint density at radius 3 is 2.19 bits per heavy atom. The van der Waals surface area contributed by atoms with Crippen molar-refractivity contribution in [3.63, 3.8) is 0 Å². The quantitative estimate of drug-likeness (QED) is 0.881. The molecule has 2 aromatic rings. The summed E-state index contributed by atoms with van der Waals surface area (Å²) in [5.74, 6) is -0.0835. The number of benzene rings is 2. The number of ether oxygens (including phenoxy) is 1. The van der Waals surface area contributed by atoms with E-state index in [2.05, 4.69) is 22.3 Å². The summed E-state index contributed by atoms with van der Waals surface area (Å²) in [5, 5.41) is 2.70. The van der Waals surface area contributed by atoms with Gasteiger partial charge in [0.15, 0.2) is 0 Å². The van der Waals surface area contributed by atoms with Gasteiger partial charge in [-0.1, -0.05) is 60.7 Å². The second-order valence-corrected chi connectivity index (χ2v) is 6.65. The van der Waals surface area contributed by atoms with E-state index in [4.69, 9.17) is 4.74 Å². The molecule has 6 heteroatoms. The van der Waals surface area contributed by atoms with Crippen LogP contribution < -0.4 is 5.32 Å². The van der Waals surface area contributed by atoms with E-state index in [1.807, 2.05) is 48.5 Å². The maximum absolute atomic E-state index is 13.0. The molecular weight excluding hydrogens is 342 g/mol. The van der Waals surface area contributed by atoms with Crippen molar-refractivity contribution in [1.82, 2.24) is 15.1 Å². The van der Waals surface area contributed by atoms with Gasteiger partial charge in [-0.05, 0) is 11.1 Å². The highest BCUT2D eigenvalue weighted by molar-refractivity contribution is 5.86. The van der Waals surface area contributed by atoms with Gasteiger partial charge in [-0.15, -0.1) is 0 Å². The fraction of sp³-hybridized carbons (Fsp3) is 0.333. The summed E-state index contributed by atoms with van der Waals surface area (Å²) in [6.07, 6.45) is -0.588. The van der Waals surface area contributed by atoms with Crippen molar-refractivity contribution in [3.8, 4) is 0 Å². The van der Waals surface area contributed by atoms with Gasteiger partial charge in [-0.3, -0.25) is 9.69 Å². The molecule has 0 aliphatic carbocycles. The number of nitrogens with zero attached hydrogens (tertiary/aromatic N) is 2. The molecule has 1 aliphatic rings. The SMILES string of the molecule is COC(=O)NC1CN(Cc2ccccc2)CCN(Cc2ccccc2)C1=O. The Balaban J connectivity index is 1.75. The van der Waals surface area contributed by atoms with Crippen LogP contribution in [0.15, 0.2) is 60.7 Å². The van der Waals surface area contributed by atoms with Crippen LogP contribution in [0.5, 0.6) is 0 Å². The summed E-state index contributed by atoms with van der Waals surface area (Å²) < 4.78 is 4.71. The zero-order chi connectivity index (χ0) is 19.1. The molecule has 1 heterocycles. The first-order chi connectivity index (χ1) is 13.2. The molecule has 0 bridgehead atoms. The standard InChI is InChI=1S/C21H25N3O3/c1-27-21(26)22-19-16-23(14-17-8-4-2-5-9-17)12-13-24(20(19)25)15-18-10-6-3-7-11-18/h2-11,19H,12-16H2,1H3,(H,22,26). The maximum atomic E-state index is 13.0. The molecule has 0 saturated carbocycles. The van der Waals surface area contributed by atoms with Crippen molar-refractivity contribution < 1.29 is 14.3 Å². The molecule has 1 N–H and O–H groups in total. The number of hydrogen-bond acceptors (Lipinski definition) is 4. The molecule has 1 fully saturated rings. The van der Waals surface area contributed by atoms with Gasteiger partial charge in [0.05, 0.1) is 7.11 Å². The third kappa shape index (κ3) is 5.31. The van der Waals surface area contributed by atoms with Gasteiger partial charge in [0.25, 0.3) is 0 Å². The molecule has 142 valence electrons. The third-order valence-electron chi connectivity index (χ3n) is 4.68. The summed E-state index contributed by atoms with van der Waals surface area (Å²) in [5.41, 5.74) is 2.25. The molecule has 6 nitrogen and oxygen atoms in total. The molecular formula is C21H25N3O3. The van der Waals surface area contributed by atoms with E-state index < -0.39 is 12.1 Å². The molecule has 2 amide bonds. The molecule has 0 aromatic heterocycles. The highest BCUT2D eigenvalue weighted by Crippen LogP contribution is 2.13. The molecule has 1 aliphatic heterocycles. The zero-order valence-electron chi connectivity index (χ0n) is 15.5. The predicted octanol–water partition coefficient (Wildman–Crippen LogP) is 2.26. The number of alkyl carbamates (subject to hydrolysis) is 1. The number of hydrogen-bond donors (Lipinski definition) is 1. The average Bonchev–Trinajstić information content (AvgIpc) is 2.83. The van der Waals surface area contributed by atoms with Crippen LogP contribution in [0, 0.1) is 0 Å². The zero-order valence-corrected chi connectivity index (χ0v) is 15.5. The van der Waals surface area contributed by atoms with E-state index in [9.17, 15) is 9.59 Å². The van der Waals surface area contributed by atoms with Crippen LogP contribution in [0.4, 0.5) is 4.79 Å². The van der Waals surface area contributed by atoms with Gasteiger partial charge in [-0.25, -0.2) is 4.79 Å². The number of carbonyl (C=O) groups is 2. The van der Waals surface area contributed by atoms with Gasteiger partial charge < -0.3 is 15.0 Å². The van der Waals surface area contributed by atoms with Crippen molar-refractivity contribution >= 4 is 12.0 Å². The van der Waals surface area contributed by atoms with Crippen molar-refractivity contribution in [3.05, 3.63) is 71.8 Å². The molecule has 1 unspecified atom stereocenters. The molecule has 0 radical (unpaired) electrons. The van der Waals surface area contributed by atoms with E-state index in [1.54, 1.807) is 4.90 Å². The largest absolute Gasteiger partial charge is 0.453 e. The fourth-order valence-corrected chi connectivity index (χ4v) is 3.27. The second kappa shape index (κ2) is 9.19. The monoisotopic (exact) mass is 367 g/mol. The second-order valence-electron chi connectivity index (χ2n) is 6.65. The van der Waals surface area contributed by atoms with Crippen LogP contribution in [0.2, 0.25) is 0 Å². The Hall–Kier alpha value is -2.86. The van der Waals surface area contributed by atoms with Gasteiger partial charge in [0.1, 0.15) is 6.04 Å². The number of methoxy groups -OCH3 is 1. The maximum Gasteiger partial charge on any atom is 0.407 e. The average molecular weight is 367 g/mol. The fourth-order valence-electron chi connectivity index (χ4n) is 3.27. The Bertz CT molecular complexity index is 752. The molecule has 27 heavy (non-hydrogen) atoms. The lowest BCUT2D eigenvalue weighted by molar-refractivity contribution is -0.133. The van der Waals surface area contributed by atoms with Crippen molar-refractivity contribution in [1.29, 1.82) is 0 Å². The van der Waals surface area contributed by atoms with Crippen molar-refractivity contribution in [2.24, 2.45) is 0 Å². The summed E-state index contributed by atoms with van der Waals surface area (Å²) in [6, 6.07) is 19.4. The van der Waals surface area contributed by atoms with Crippen LogP contribution in [-0.4, -0.2) is 54.6 Å². The van der Waals surface area contributed by atoms with Gasteiger partial charge in [0.2, 0.25) is 5.91 Å². The van der Waals surface area contributed by atoms with Crippen LogP contribution >= 0.6 is 0 Å². The number of amides is 2. The van der Waals surface area contributed by atoms with E-state index >= 15 is 0 Å². The van der Waals surface area contributed by atoms with E-state index in [0.717, 1.165) is 18.7 Å². The topological polar surface area (TPSA) is 61.9 Å². The van der Waals surface area contributed by atoms with Crippen molar-refractivity contribution in [2.45, 2.75) is 19.1 Å². The van der Waals surface area contributed by atoms with Crippen LogP contribution in [0.25, 0.3) is 0 Å². The van der Waals surface area contributed by atoms with Gasteiger partial charge in [0, 0.05) is 32.7 Å². The molecule has 1 atom stereocenters. The highest BCUT2D eigenvalue weighted by atomic mass is 16.5. The van der Waals surface area contributed by atoms with E-state index in [-0.39, 0.29) is 5.91 Å². The Morgan fingerprint density at radius 2 is 1.59 bits per heavy atom. The normalized spacial score (nSPS) is 18.0. The highest BCUT2D eigenvalue weighted by Gasteiger charge is 2.31. The summed E-state index contributed by atoms with van der Waals surface area (Å²) in [7, 11) is 1.31. The minimum Gasteiger partial charge on any atom is -0.453 e. The first kappa shape index (κ1) is 18.9. The molecule has 0 spiro atoms. The van der Waals surface area contributed by atoms with Gasteiger partial charge >= 0.3 is 6.09 Å². The number of rotatable bonds is 5. The summed E-state index contributed by atoms with van der Waals surface area (Å²) >= 11 is 0. The third-order valence-corrected chi connectivity index (χ3v) is 4.68. The first-order valence-corrected chi connectivity index (χ1v) is 9.09. The van der Waals surface area contributed by atoms with E-state index in [0.29, 0.717) is 19.6 Å². The lowest BCUT2D eigenvalue weighted by Gasteiger charge is -2.24. The first-order valence-electron chi connectivity index (χ1n) is 9.09. The minimum absolute atomic E-state index is 0.0835. The molecule has 3 rings (SSSR count). The summed E-state index contributed by atoms with van der Waals surface area (Å²) in [4.78, 5) is 28.8. The summed E-state index contributed by atoms with van der Waals surface area (Å²) in [6.45, 7) is 3.06. The van der Waals surface area contributed by atoms with Crippen LogP contribution in [0.1, 0.15) is 11.1 Å². The molecule has 2 aromatic carbocycles. The lowest BCUT2D eigenvalue weighted by Crippen LogP contribution is -2.50. The Labute approximate surface area is 159 Å². The Kier molecular flexibility index (Phi) is 6.44. The van der Waals surface area contributed by atoms with E-state index in [1.165, 1.54) is 12.7 Å². The van der Waals surface area contributed by atoms with Crippen LogP contribution in [-0.2, 0) is 22.6 Å². The Morgan fingerprint density at radius 1 is 1.00 bits per heavy atom. The van der Waals surface area contributed by atoms with Gasteiger partial charge in [-0.2, -0.15) is 0 Å². The minimum atomic E-state index is -0.632.